The summed E-state index contributed by atoms with van der Waals surface area (Å²) in [5.74, 6) is 1.03. The van der Waals surface area contributed by atoms with Crippen molar-refractivity contribution in [2.75, 3.05) is 0 Å². The van der Waals surface area contributed by atoms with E-state index in [1.165, 1.54) is 18.4 Å². The van der Waals surface area contributed by atoms with Gasteiger partial charge in [0.15, 0.2) is 0 Å². The summed E-state index contributed by atoms with van der Waals surface area (Å²) >= 11 is 0. The monoisotopic (exact) mass is 249 g/mol. The van der Waals surface area contributed by atoms with Crippen LogP contribution in [-0.2, 0) is 4.79 Å². The maximum Gasteiger partial charge on any atom is 0.227 e. The Morgan fingerprint density at radius 2 is 1.83 bits per heavy atom. The zero-order valence-corrected chi connectivity index (χ0v) is 12.7. The molecule has 102 valence electrons. The van der Waals surface area contributed by atoms with E-state index in [-0.39, 0.29) is 11.3 Å². The maximum absolute atomic E-state index is 12.7. The van der Waals surface area contributed by atoms with E-state index in [2.05, 4.69) is 52.5 Å². The molecule has 0 spiro atoms. The van der Waals surface area contributed by atoms with E-state index in [1.807, 2.05) is 0 Å². The number of carbonyl (C=O) groups excluding carboxylic acids is 1. The van der Waals surface area contributed by atoms with E-state index in [0.29, 0.717) is 23.9 Å². The molecule has 2 heteroatoms. The highest BCUT2D eigenvalue weighted by atomic mass is 16.2. The van der Waals surface area contributed by atoms with Crippen molar-refractivity contribution in [3.8, 4) is 0 Å². The lowest BCUT2D eigenvalue weighted by atomic mass is 10.1. The van der Waals surface area contributed by atoms with E-state index in [9.17, 15) is 4.79 Å². The topological polar surface area (TPSA) is 20.3 Å². The van der Waals surface area contributed by atoms with Crippen molar-refractivity contribution in [1.82, 2.24) is 4.90 Å². The molecule has 0 aliphatic heterocycles. The normalized spacial score (nSPS) is 29.1. The summed E-state index contributed by atoms with van der Waals surface area (Å²) in [5, 5.41) is 0. The second-order valence-electron chi connectivity index (χ2n) is 7.14. The first-order valence-corrected chi connectivity index (χ1v) is 7.24. The van der Waals surface area contributed by atoms with Gasteiger partial charge in [0, 0.05) is 12.1 Å². The minimum Gasteiger partial charge on any atom is -0.337 e. The maximum atomic E-state index is 12.7. The minimum atomic E-state index is 0.149. The Morgan fingerprint density at radius 3 is 2.22 bits per heavy atom. The van der Waals surface area contributed by atoms with Gasteiger partial charge in [0.2, 0.25) is 5.91 Å². The Labute approximate surface area is 111 Å². The second-order valence-corrected chi connectivity index (χ2v) is 7.14. The van der Waals surface area contributed by atoms with Gasteiger partial charge in [-0.2, -0.15) is 0 Å². The zero-order chi connectivity index (χ0) is 13.7. The molecule has 2 saturated carbocycles. The molecule has 2 aliphatic carbocycles. The van der Waals surface area contributed by atoms with Crippen LogP contribution in [0.5, 0.6) is 0 Å². The molecule has 0 radical (unpaired) electrons. The Bertz CT molecular complexity index is 371. The number of hydrogen-bond donors (Lipinski definition) is 0. The van der Waals surface area contributed by atoms with Crippen molar-refractivity contribution in [3.05, 3.63) is 11.6 Å². The summed E-state index contributed by atoms with van der Waals surface area (Å²) in [6.45, 7) is 13.0. The summed E-state index contributed by atoms with van der Waals surface area (Å²) in [6.07, 6.45) is 4.68. The van der Waals surface area contributed by atoms with Crippen LogP contribution < -0.4 is 0 Å². The number of allylic oxidation sites excluding steroid dienone is 2. The highest BCUT2D eigenvalue weighted by Crippen LogP contribution is 2.60. The molecule has 0 bridgehead atoms. The van der Waals surface area contributed by atoms with E-state index < -0.39 is 0 Å². The smallest absolute Gasteiger partial charge is 0.227 e. The first-order valence-electron chi connectivity index (χ1n) is 7.24. The predicted molar refractivity (Wildman–Crippen MR) is 75.2 cm³/mol. The highest BCUT2D eigenvalue weighted by molar-refractivity contribution is 5.84. The van der Waals surface area contributed by atoms with Crippen LogP contribution in [0.2, 0.25) is 0 Å². The number of carbonyl (C=O) groups is 1. The molecule has 0 heterocycles. The van der Waals surface area contributed by atoms with Crippen molar-refractivity contribution < 1.29 is 4.79 Å². The number of rotatable bonds is 4. The lowest BCUT2D eigenvalue weighted by molar-refractivity contribution is -0.135. The van der Waals surface area contributed by atoms with Crippen LogP contribution in [0.25, 0.3) is 0 Å². The fourth-order valence-corrected chi connectivity index (χ4v) is 3.19. The van der Waals surface area contributed by atoms with E-state index in [1.54, 1.807) is 0 Å². The first kappa shape index (κ1) is 13.6. The molecule has 0 N–H and O–H groups in total. The van der Waals surface area contributed by atoms with Crippen LogP contribution in [0, 0.1) is 17.3 Å². The van der Waals surface area contributed by atoms with Gasteiger partial charge in [-0.1, -0.05) is 25.5 Å². The Morgan fingerprint density at radius 1 is 1.28 bits per heavy atom. The third-order valence-electron chi connectivity index (χ3n) is 4.44. The molecule has 2 nitrogen and oxygen atoms in total. The molecule has 2 aliphatic rings. The first-order chi connectivity index (χ1) is 8.26. The van der Waals surface area contributed by atoms with Crippen molar-refractivity contribution >= 4 is 5.91 Å². The van der Waals surface area contributed by atoms with Gasteiger partial charge in [-0.25, -0.2) is 0 Å². The molecule has 0 aromatic rings. The minimum absolute atomic E-state index is 0.149. The third-order valence-corrected chi connectivity index (χ3v) is 4.44. The molecule has 1 amide bonds. The molecular formula is C16H27NO. The lowest BCUT2D eigenvalue weighted by Gasteiger charge is -2.27. The summed E-state index contributed by atoms with van der Waals surface area (Å²) in [4.78, 5) is 14.9. The Balaban J connectivity index is 2.12. The Kier molecular flexibility index (Phi) is 3.33. The van der Waals surface area contributed by atoms with E-state index in [4.69, 9.17) is 0 Å². The van der Waals surface area contributed by atoms with E-state index in [0.717, 1.165) is 0 Å². The van der Waals surface area contributed by atoms with Crippen LogP contribution in [0.3, 0.4) is 0 Å². The van der Waals surface area contributed by atoms with Crippen molar-refractivity contribution in [1.29, 1.82) is 0 Å². The van der Waals surface area contributed by atoms with Gasteiger partial charge in [0.05, 0.1) is 5.92 Å². The number of nitrogens with zero attached hydrogens (tertiary/aromatic N) is 1. The number of amides is 1. The van der Waals surface area contributed by atoms with Gasteiger partial charge >= 0.3 is 0 Å². The predicted octanol–water partition coefficient (Wildman–Crippen LogP) is 3.62. The molecule has 2 unspecified atom stereocenters. The average molecular weight is 249 g/mol. The summed E-state index contributed by atoms with van der Waals surface area (Å²) < 4.78 is 0. The molecule has 0 aromatic carbocycles. The lowest BCUT2D eigenvalue weighted by Crippen LogP contribution is -2.40. The molecule has 2 fully saturated rings. The molecule has 18 heavy (non-hydrogen) atoms. The molecule has 0 aromatic heterocycles. The van der Waals surface area contributed by atoms with Gasteiger partial charge in [0.25, 0.3) is 0 Å². The van der Waals surface area contributed by atoms with Crippen molar-refractivity contribution in [3.63, 3.8) is 0 Å². The summed E-state index contributed by atoms with van der Waals surface area (Å²) in [5.41, 5.74) is 1.47. The molecule has 0 saturated heterocycles. The molecule has 2 atom stereocenters. The van der Waals surface area contributed by atoms with E-state index >= 15 is 0 Å². The summed E-state index contributed by atoms with van der Waals surface area (Å²) in [6, 6.07) is 0.870. The van der Waals surface area contributed by atoms with Crippen LogP contribution in [0.15, 0.2) is 11.6 Å². The summed E-state index contributed by atoms with van der Waals surface area (Å²) in [7, 11) is 0. The largest absolute Gasteiger partial charge is 0.337 e. The average Bonchev–Trinajstić information content (AvgIpc) is 3.06. The number of hydrogen-bond acceptors (Lipinski definition) is 1. The van der Waals surface area contributed by atoms with Gasteiger partial charge < -0.3 is 4.90 Å². The van der Waals surface area contributed by atoms with Crippen LogP contribution in [-0.4, -0.2) is 22.9 Å². The SMILES string of the molecule is CC(C)=CC1C(C(=O)N(C(C)C)C2CC2)C1(C)C. The van der Waals surface area contributed by atoms with Crippen molar-refractivity contribution in [2.24, 2.45) is 17.3 Å². The molecule has 2 rings (SSSR count). The molecular weight excluding hydrogens is 222 g/mol. The van der Waals surface area contributed by atoms with Gasteiger partial charge in [0.1, 0.15) is 0 Å². The quantitative estimate of drug-likeness (QED) is 0.697. The van der Waals surface area contributed by atoms with Gasteiger partial charge in [-0.3, -0.25) is 4.79 Å². The second kappa shape index (κ2) is 4.40. The highest BCUT2D eigenvalue weighted by Gasteiger charge is 2.62. The van der Waals surface area contributed by atoms with Crippen LogP contribution in [0.1, 0.15) is 54.4 Å². The van der Waals surface area contributed by atoms with Gasteiger partial charge in [-0.05, 0) is 51.9 Å². The standard InChI is InChI=1S/C16H27NO/c1-10(2)9-13-14(16(13,5)6)15(18)17(11(3)4)12-7-8-12/h9,11-14H,7-8H2,1-6H3. The zero-order valence-electron chi connectivity index (χ0n) is 12.7. The fraction of sp³-hybridized carbons (Fsp3) is 0.812. The van der Waals surface area contributed by atoms with Crippen LogP contribution in [0.4, 0.5) is 0 Å². The van der Waals surface area contributed by atoms with Crippen molar-refractivity contribution in [2.45, 2.75) is 66.5 Å². The Hall–Kier alpha value is -0.790. The van der Waals surface area contributed by atoms with Gasteiger partial charge in [-0.15, -0.1) is 0 Å². The third kappa shape index (κ3) is 2.34. The fourth-order valence-electron chi connectivity index (χ4n) is 3.19. The van der Waals surface area contributed by atoms with Crippen LogP contribution >= 0.6 is 0 Å².